The van der Waals surface area contributed by atoms with E-state index < -0.39 is 0 Å². The van der Waals surface area contributed by atoms with Crippen molar-refractivity contribution in [2.24, 2.45) is 0 Å². The molecule has 20 heavy (non-hydrogen) atoms. The molecule has 0 bridgehead atoms. The van der Waals surface area contributed by atoms with Gasteiger partial charge in [-0.2, -0.15) is 0 Å². The second-order valence-corrected chi connectivity index (χ2v) is 4.43. The zero-order valence-electron chi connectivity index (χ0n) is 11.0. The van der Waals surface area contributed by atoms with Crippen molar-refractivity contribution < 1.29 is 4.74 Å². The Kier molecular flexibility index (Phi) is 3.65. The van der Waals surface area contributed by atoms with Crippen LogP contribution in [0.15, 0.2) is 84.9 Å². The fourth-order valence-corrected chi connectivity index (χ4v) is 1.92. The molecule has 0 heterocycles. The second kappa shape index (κ2) is 5.93. The zero-order chi connectivity index (χ0) is 13.6. The molecule has 0 aliphatic rings. The van der Waals surface area contributed by atoms with E-state index in [9.17, 15) is 0 Å². The van der Waals surface area contributed by atoms with Crippen molar-refractivity contribution in [3.8, 4) is 11.5 Å². The Morgan fingerprint density at radius 1 is 0.500 bits per heavy atom. The van der Waals surface area contributed by atoms with Crippen LogP contribution in [0.5, 0.6) is 11.5 Å². The van der Waals surface area contributed by atoms with Crippen LogP contribution >= 0.6 is 0 Å². The standard InChI is InChI=1S/C18H15NO/c1-3-7-15(8-4-1)19-16-11-13-18(14-12-16)20-17-9-5-2-6-10-17/h1-14,19H. The molecule has 0 aromatic heterocycles. The summed E-state index contributed by atoms with van der Waals surface area (Å²) in [5.41, 5.74) is 2.11. The average molecular weight is 261 g/mol. The fourth-order valence-electron chi connectivity index (χ4n) is 1.92. The molecule has 0 amide bonds. The minimum atomic E-state index is 0.829. The first-order valence-corrected chi connectivity index (χ1v) is 6.55. The van der Waals surface area contributed by atoms with Crippen LogP contribution in [0, 0.1) is 0 Å². The third kappa shape index (κ3) is 3.18. The molecule has 0 aliphatic carbocycles. The molecular weight excluding hydrogens is 246 g/mol. The molecule has 0 aliphatic heterocycles. The maximum Gasteiger partial charge on any atom is 0.127 e. The van der Waals surface area contributed by atoms with E-state index in [1.54, 1.807) is 0 Å². The first kappa shape index (κ1) is 12.3. The molecule has 0 spiro atoms. The number of ether oxygens (including phenoxy) is 1. The van der Waals surface area contributed by atoms with Crippen LogP contribution in [0.2, 0.25) is 0 Å². The molecule has 2 nitrogen and oxygen atoms in total. The Morgan fingerprint density at radius 2 is 1.00 bits per heavy atom. The molecule has 3 rings (SSSR count). The van der Waals surface area contributed by atoms with Crippen LogP contribution in [-0.4, -0.2) is 0 Å². The Balaban J connectivity index is 1.69. The highest BCUT2D eigenvalue weighted by atomic mass is 16.5. The largest absolute Gasteiger partial charge is 0.457 e. The number of anilines is 2. The summed E-state index contributed by atoms with van der Waals surface area (Å²) in [6, 6.07) is 27.8. The Labute approximate surface area is 118 Å². The van der Waals surface area contributed by atoms with E-state index >= 15 is 0 Å². The highest BCUT2D eigenvalue weighted by molar-refractivity contribution is 5.60. The lowest BCUT2D eigenvalue weighted by atomic mass is 10.2. The van der Waals surface area contributed by atoms with Gasteiger partial charge in [0.05, 0.1) is 0 Å². The lowest BCUT2D eigenvalue weighted by Crippen LogP contribution is -1.89. The van der Waals surface area contributed by atoms with E-state index in [1.807, 2.05) is 84.9 Å². The highest BCUT2D eigenvalue weighted by Crippen LogP contribution is 2.24. The fraction of sp³-hybridized carbons (Fsp3) is 0. The van der Waals surface area contributed by atoms with Gasteiger partial charge in [0.2, 0.25) is 0 Å². The van der Waals surface area contributed by atoms with Crippen molar-refractivity contribution in [3.63, 3.8) is 0 Å². The van der Waals surface area contributed by atoms with Gasteiger partial charge in [-0.05, 0) is 48.5 Å². The molecule has 3 aromatic rings. The number of para-hydroxylation sites is 2. The number of rotatable bonds is 4. The maximum atomic E-state index is 5.76. The predicted octanol–water partition coefficient (Wildman–Crippen LogP) is 5.22. The summed E-state index contributed by atoms with van der Waals surface area (Å²) in [7, 11) is 0. The van der Waals surface area contributed by atoms with Crippen molar-refractivity contribution in [1.29, 1.82) is 0 Å². The third-order valence-corrected chi connectivity index (χ3v) is 2.90. The van der Waals surface area contributed by atoms with Gasteiger partial charge in [-0.1, -0.05) is 36.4 Å². The summed E-state index contributed by atoms with van der Waals surface area (Å²) < 4.78 is 5.76. The summed E-state index contributed by atoms with van der Waals surface area (Å²) in [4.78, 5) is 0. The summed E-state index contributed by atoms with van der Waals surface area (Å²) in [6.45, 7) is 0. The van der Waals surface area contributed by atoms with Gasteiger partial charge < -0.3 is 10.1 Å². The van der Waals surface area contributed by atoms with E-state index in [4.69, 9.17) is 4.74 Å². The number of benzene rings is 3. The van der Waals surface area contributed by atoms with Gasteiger partial charge in [-0.25, -0.2) is 0 Å². The molecular formula is C18H15NO. The Bertz CT molecular complexity index is 588. The van der Waals surface area contributed by atoms with Crippen molar-refractivity contribution in [2.45, 2.75) is 0 Å². The molecule has 3 aromatic carbocycles. The molecule has 2 heteroatoms. The normalized spacial score (nSPS) is 10.0. The molecule has 0 saturated carbocycles. The lowest BCUT2D eigenvalue weighted by molar-refractivity contribution is 0.483. The van der Waals surface area contributed by atoms with Gasteiger partial charge in [0.15, 0.2) is 0 Å². The maximum absolute atomic E-state index is 5.76. The second-order valence-electron chi connectivity index (χ2n) is 4.43. The van der Waals surface area contributed by atoms with Crippen molar-refractivity contribution >= 4 is 11.4 Å². The zero-order valence-corrected chi connectivity index (χ0v) is 11.0. The monoisotopic (exact) mass is 261 g/mol. The smallest absolute Gasteiger partial charge is 0.127 e. The van der Waals surface area contributed by atoms with Gasteiger partial charge in [0, 0.05) is 11.4 Å². The summed E-state index contributed by atoms with van der Waals surface area (Å²) in [5, 5.41) is 3.34. The number of hydrogen-bond acceptors (Lipinski definition) is 2. The van der Waals surface area contributed by atoms with E-state index in [0.29, 0.717) is 0 Å². The molecule has 0 radical (unpaired) electrons. The van der Waals surface area contributed by atoms with E-state index in [2.05, 4.69) is 5.32 Å². The molecule has 0 saturated heterocycles. The minimum Gasteiger partial charge on any atom is -0.457 e. The van der Waals surface area contributed by atoms with Crippen LogP contribution < -0.4 is 10.1 Å². The van der Waals surface area contributed by atoms with Gasteiger partial charge in [-0.3, -0.25) is 0 Å². The van der Waals surface area contributed by atoms with Crippen LogP contribution in [-0.2, 0) is 0 Å². The Hall–Kier alpha value is -2.74. The van der Waals surface area contributed by atoms with Crippen LogP contribution in [0.3, 0.4) is 0 Å². The van der Waals surface area contributed by atoms with E-state index in [-0.39, 0.29) is 0 Å². The van der Waals surface area contributed by atoms with Crippen LogP contribution in [0.1, 0.15) is 0 Å². The highest BCUT2D eigenvalue weighted by Gasteiger charge is 1.97. The topological polar surface area (TPSA) is 21.3 Å². The van der Waals surface area contributed by atoms with Crippen LogP contribution in [0.4, 0.5) is 11.4 Å². The first-order valence-electron chi connectivity index (χ1n) is 6.55. The Morgan fingerprint density at radius 3 is 1.65 bits per heavy atom. The third-order valence-electron chi connectivity index (χ3n) is 2.90. The molecule has 0 fully saturated rings. The summed E-state index contributed by atoms with van der Waals surface area (Å²) in [5.74, 6) is 1.67. The summed E-state index contributed by atoms with van der Waals surface area (Å²) in [6.07, 6.45) is 0. The van der Waals surface area contributed by atoms with Gasteiger partial charge in [0.25, 0.3) is 0 Å². The van der Waals surface area contributed by atoms with Crippen LogP contribution in [0.25, 0.3) is 0 Å². The van der Waals surface area contributed by atoms with Crippen molar-refractivity contribution in [3.05, 3.63) is 84.9 Å². The van der Waals surface area contributed by atoms with Gasteiger partial charge >= 0.3 is 0 Å². The molecule has 1 N–H and O–H groups in total. The number of nitrogens with one attached hydrogen (secondary N) is 1. The minimum absolute atomic E-state index is 0.829. The van der Waals surface area contributed by atoms with Gasteiger partial charge in [0.1, 0.15) is 11.5 Å². The summed E-state index contributed by atoms with van der Waals surface area (Å²) >= 11 is 0. The molecule has 98 valence electrons. The van der Waals surface area contributed by atoms with E-state index in [1.165, 1.54) is 0 Å². The molecule has 0 unspecified atom stereocenters. The quantitative estimate of drug-likeness (QED) is 0.695. The lowest BCUT2D eigenvalue weighted by Gasteiger charge is -2.08. The van der Waals surface area contributed by atoms with E-state index in [0.717, 1.165) is 22.9 Å². The molecule has 0 atom stereocenters. The average Bonchev–Trinajstić information content (AvgIpc) is 2.51. The SMILES string of the molecule is c1ccc(Nc2ccc(Oc3ccccc3)cc2)cc1. The first-order chi connectivity index (χ1) is 9.90. The predicted molar refractivity (Wildman–Crippen MR) is 82.7 cm³/mol. The van der Waals surface area contributed by atoms with Crippen molar-refractivity contribution in [1.82, 2.24) is 0 Å². The van der Waals surface area contributed by atoms with Gasteiger partial charge in [-0.15, -0.1) is 0 Å². The number of hydrogen-bond donors (Lipinski definition) is 1. The van der Waals surface area contributed by atoms with Crippen molar-refractivity contribution in [2.75, 3.05) is 5.32 Å².